The molecule has 1 atom stereocenters. The molecule has 2 N–H and O–H groups in total. The molecule has 0 saturated carbocycles. The standard InChI is InChI=1S/C24H23F4NO.C2H2O4/c1-29(17-18-5-3-2-4-6-18)16-15-23(19-7-11-21(25)12-8-19)30-22-13-9-20(10-14-22)24(26,27)28;3-1(4)2(5)6/h2-14,23H,15-17H2,1H3;(H,3,4)(H,5,6)/t23-;/m0./s1. The molecule has 192 valence electrons. The maximum absolute atomic E-state index is 13.3. The first-order valence-corrected chi connectivity index (χ1v) is 10.7. The smallest absolute Gasteiger partial charge is 0.416 e. The van der Waals surface area contributed by atoms with Gasteiger partial charge in [0, 0.05) is 19.5 Å². The van der Waals surface area contributed by atoms with Crippen LogP contribution in [0.2, 0.25) is 0 Å². The summed E-state index contributed by atoms with van der Waals surface area (Å²) in [5, 5.41) is 14.8. The number of benzene rings is 3. The van der Waals surface area contributed by atoms with E-state index in [1.807, 2.05) is 37.4 Å². The van der Waals surface area contributed by atoms with E-state index in [-0.39, 0.29) is 5.82 Å². The summed E-state index contributed by atoms with van der Waals surface area (Å²) in [6.07, 6.45) is -4.22. The molecule has 0 fully saturated rings. The number of carboxylic acids is 2. The number of ether oxygens (including phenoxy) is 1. The summed E-state index contributed by atoms with van der Waals surface area (Å²) in [6.45, 7) is 1.45. The Balaban J connectivity index is 0.000000678. The van der Waals surface area contributed by atoms with Crippen molar-refractivity contribution < 1.29 is 42.1 Å². The quantitative estimate of drug-likeness (QED) is 0.303. The fraction of sp³-hybridized carbons (Fsp3) is 0.231. The Bertz CT molecular complexity index is 1090. The second kappa shape index (κ2) is 13.2. The van der Waals surface area contributed by atoms with Gasteiger partial charge in [0.25, 0.3) is 0 Å². The first kappa shape index (κ1) is 28.3. The van der Waals surface area contributed by atoms with Crippen LogP contribution in [0.5, 0.6) is 5.75 Å². The van der Waals surface area contributed by atoms with Crippen LogP contribution in [0.3, 0.4) is 0 Å². The molecule has 3 aromatic carbocycles. The third kappa shape index (κ3) is 9.75. The summed E-state index contributed by atoms with van der Waals surface area (Å²) in [6, 6.07) is 20.6. The number of carboxylic acid groups (broad SMARTS) is 2. The summed E-state index contributed by atoms with van der Waals surface area (Å²) < 4.78 is 57.7. The number of alkyl halides is 3. The normalized spacial score (nSPS) is 11.8. The van der Waals surface area contributed by atoms with Gasteiger partial charge in [-0.1, -0.05) is 42.5 Å². The molecule has 36 heavy (non-hydrogen) atoms. The van der Waals surface area contributed by atoms with Crippen LogP contribution < -0.4 is 4.74 Å². The van der Waals surface area contributed by atoms with Gasteiger partial charge < -0.3 is 19.8 Å². The minimum atomic E-state index is -4.39. The number of nitrogens with zero attached hydrogens (tertiary/aromatic N) is 1. The molecular formula is C26H25F4NO5. The van der Waals surface area contributed by atoms with Crippen molar-refractivity contribution in [1.29, 1.82) is 0 Å². The van der Waals surface area contributed by atoms with Crippen LogP contribution >= 0.6 is 0 Å². The highest BCUT2D eigenvalue weighted by atomic mass is 19.4. The van der Waals surface area contributed by atoms with E-state index in [9.17, 15) is 17.6 Å². The monoisotopic (exact) mass is 507 g/mol. The lowest BCUT2D eigenvalue weighted by Crippen LogP contribution is -2.22. The molecule has 0 aromatic heterocycles. The number of hydrogen-bond donors (Lipinski definition) is 2. The van der Waals surface area contributed by atoms with Crippen molar-refractivity contribution in [3.8, 4) is 5.75 Å². The average molecular weight is 507 g/mol. The van der Waals surface area contributed by atoms with Crippen molar-refractivity contribution in [2.75, 3.05) is 13.6 Å². The summed E-state index contributed by atoms with van der Waals surface area (Å²) in [7, 11) is 1.99. The van der Waals surface area contributed by atoms with E-state index in [1.54, 1.807) is 12.1 Å². The Morgan fingerprint density at radius 3 is 1.94 bits per heavy atom. The predicted molar refractivity (Wildman–Crippen MR) is 124 cm³/mol. The van der Waals surface area contributed by atoms with Crippen molar-refractivity contribution in [3.05, 3.63) is 101 Å². The van der Waals surface area contributed by atoms with E-state index in [0.717, 1.165) is 24.2 Å². The van der Waals surface area contributed by atoms with Crippen molar-refractivity contribution >= 4 is 11.9 Å². The average Bonchev–Trinajstić information content (AvgIpc) is 2.83. The number of rotatable bonds is 8. The molecule has 0 heterocycles. The largest absolute Gasteiger partial charge is 0.486 e. The number of hydrogen-bond acceptors (Lipinski definition) is 4. The molecule has 0 amide bonds. The van der Waals surface area contributed by atoms with Gasteiger partial charge in [0.05, 0.1) is 5.56 Å². The Morgan fingerprint density at radius 2 is 1.44 bits per heavy atom. The van der Waals surface area contributed by atoms with Crippen molar-refractivity contribution in [1.82, 2.24) is 4.90 Å². The lowest BCUT2D eigenvalue weighted by molar-refractivity contribution is -0.159. The lowest BCUT2D eigenvalue weighted by Gasteiger charge is -2.23. The first-order valence-electron chi connectivity index (χ1n) is 10.7. The molecule has 0 aliphatic carbocycles. The molecule has 0 aliphatic rings. The van der Waals surface area contributed by atoms with Crippen LogP contribution in [-0.2, 0) is 22.3 Å². The third-order valence-corrected chi connectivity index (χ3v) is 4.95. The van der Waals surface area contributed by atoms with Gasteiger partial charge in [-0.15, -0.1) is 0 Å². The molecule has 0 spiro atoms. The summed E-state index contributed by atoms with van der Waals surface area (Å²) in [5.41, 5.74) is 1.22. The zero-order chi connectivity index (χ0) is 26.7. The summed E-state index contributed by atoms with van der Waals surface area (Å²) in [4.78, 5) is 20.3. The molecule has 3 rings (SSSR count). The maximum Gasteiger partial charge on any atom is 0.416 e. The van der Waals surface area contributed by atoms with Gasteiger partial charge in [-0.3, -0.25) is 0 Å². The fourth-order valence-electron chi connectivity index (χ4n) is 3.17. The number of aliphatic carboxylic acids is 2. The van der Waals surface area contributed by atoms with Gasteiger partial charge in [-0.2, -0.15) is 13.2 Å². The molecule has 0 aliphatic heterocycles. The van der Waals surface area contributed by atoms with Gasteiger partial charge in [0.2, 0.25) is 0 Å². The van der Waals surface area contributed by atoms with E-state index >= 15 is 0 Å². The van der Waals surface area contributed by atoms with Gasteiger partial charge in [0.1, 0.15) is 17.7 Å². The van der Waals surface area contributed by atoms with Gasteiger partial charge in [-0.05, 0) is 54.6 Å². The van der Waals surface area contributed by atoms with Crippen LogP contribution in [0.25, 0.3) is 0 Å². The van der Waals surface area contributed by atoms with Crippen molar-refractivity contribution in [3.63, 3.8) is 0 Å². The SMILES string of the molecule is CN(CC[C@H](Oc1ccc(C(F)(F)F)cc1)c1ccc(F)cc1)Cc1ccccc1.O=C(O)C(=O)O. The minimum Gasteiger partial charge on any atom is -0.486 e. The minimum absolute atomic E-state index is 0.336. The highest BCUT2D eigenvalue weighted by Gasteiger charge is 2.30. The predicted octanol–water partition coefficient (Wildman–Crippen LogP) is 5.64. The Labute approximate surface area is 205 Å². The number of carbonyl (C=O) groups is 2. The van der Waals surface area contributed by atoms with Gasteiger partial charge >= 0.3 is 18.1 Å². The Kier molecular flexibility index (Phi) is 10.4. The van der Waals surface area contributed by atoms with Crippen LogP contribution in [0.1, 0.15) is 29.2 Å². The summed E-state index contributed by atoms with van der Waals surface area (Å²) in [5.74, 6) is -3.67. The second-order valence-corrected chi connectivity index (χ2v) is 7.80. The highest BCUT2D eigenvalue weighted by molar-refractivity contribution is 6.27. The first-order chi connectivity index (χ1) is 17.0. The molecule has 0 bridgehead atoms. The molecular weight excluding hydrogens is 482 g/mol. The van der Waals surface area contributed by atoms with Crippen LogP contribution in [0, 0.1) is 5.82 Å². The van der Waals surface area contributed by atoms with E-state index in [2.05, 4.69) is 4.90 Å². The van der Waals surface area contributed by atoms with Gasteiger partial charge in [-0.25, -0.2) is 14.0 Å². The van der Waals surface area contributed by atoms with Gasteiger partial charge in [0.15, 0.2) is 0 Å². The van der Waals surface area contributed by atoms with E-state index in [0.29, 0.717) is 18.7 Å². The third-order valence-electron chi connectivity index (χ3n) is 4.95. The molecule has 0 unspecified atom stereocenters. The Morgan fingerprint density at radius 1 is 0.889 bits per heavy atom. The Hall–Kier alpha value is -3.92. The zero-order valence-corrected chi connectivity index (χ0v) is 19.3. The highest BCUT2D eigenvalue weighted by Crippen LogP contribution is 2.32. The molecule has 3 aromatic rings. The van der Waals surface area contributed by atoms with E-state index < -0.39 is 29.8 Å². The topological polar surface area (TPSA) is 87.1 Å². The zero-order valence-electron chi connectivity index (χ0n) is 19.3. The van der Waals surface area contributed by atoms with Crippen LogP contribution in [0.4, 0.5) is 17.6 Å². The summed E-state index contributed by atoms with van der Waals surface area (Å²) >= 11 is 0. The van der Waals surface area contributed by atoms with E-state index in [1.165, 1.54) is 29.8 Å². The number of halogens is 4. The van der Waals surface area contributed by atoms with Crippen LogP contribution in [0.15, 0.2) is 78.9 Å². The van der Waals surface area contributed by atoms with E-state index in [4.69, 9.17) is 24.5 Å². The second-order valence-electron chi connectivity index (χ2n) is 7.80. The van der Waals surface area contributed by atoms with Crippen molar-refractivity contribution in [2.24, 2.45) is 0 Å². The fourth-order valence-corrected chi connectivity index (χ4v) is 3.17. The molecule has 0 saturated heterocycles. The molecule has 6 nitrogen and oxygen atoms in total. The lowest BCUT2D eigenvalue weighted by atomic mass is 10.1. The van der Waals surface area contributed by atoms with Crippen LogP contribution in [-0.4, -0.2) is 40.6 Å². The van der Waals surface area contributed by atoms with Crippen molar-refractivity contribution in [2.45, 2.75) is 25.2 Å². The molecule has 0 radical (unpaired) electrons. The maximum atomic E-state index is 13.3. The molecule has 10 heteroatoms.